The predicted molar refractivity (Wildman–Crippen MR) is 127 cm³/mol. The van der Waals surface area contributed by atoms with Crippen molar-refractivity contribution in [1.82, 2.24) is 4.98 Å². The van der Waals surface area contributed by atoms with Gasteiger partial charge in [-0.2, -0.15) is 13.2 Å². The van der Waals surface area contributed by atoms with Gasteiger partial charge in [0.2, 0.25) is 0 Å². The lowest BCUT2D eigenvalue weighted by molar-refractivity contribution is -0.358. The average molecular weight is 508 g/mol. The Bertz CT molecular complexity index is 1110. The first-order chi connectivity index (χ1) is 16.6. The molecule has 0 saturated heterocycles. The van der Waals surface area contributed by atoms with Crippen molar-refractivity contribution < 1.29 is 28.1 Å². The van der Waals surface area contributed by atoms with Gasteiger partial charge < -0.3 is 20.4 Å². The summed E-state index contributed by atoms with van der Waals surface area (Å²) in [6, 6.07) is 2.14. The number of alkyl halides is 3. The third-order valence-corrected chi connectivity index (χ3v) is 8.29. The molecular formula is C25H28F3N3O3S. The van der Waals surface area contributed by atoms with E-state index in [9.17, 15) is 23.4 Å². The van der Waals surface area contributed by atoms with Gasteiger partial charge in [-0.3, -0.25) is 4.99 Å². The van der Waals surface area contributed by atoms with Crippen molar-refractivity contribution in [3.63, 3.8) is 0 Å². The van der Waals surface area contributed by atoms with Crippen LogP contribution in [0.2, 0.25) is 0 Å². The molecule has 1 aromatic heterocycles. The highest BCUT2D eigenvalue weighted by Crippen LogP contribution is 2.47. The van der Waals surface area contributed by atoms with Gasteiger partial charge in [0.15, 0.2) is 5.75 Å². The van der Waals surface area contributed by atoms with Crippen LogP contribution in [0.25, 0.3) is 10.6 Å². The Balaban J connectivity index is 1.48. The Labute approximate surface area is 205 Å². The van der Waals surface area contributed by atoms with Gasteiger partial charge in [0.05, 0.1) is 12.2 Å². The number of halogens is 3. The molecule has 0 radical (unpaired) electrons. The van der Waals surface area contributed by atoms with Gasteiger partial charge in [-0.15, -0.1) is 11.3 Å². The molecule has 1 aliphatic heterocycles. The minimum Gasteiger partial charge on any atom is -0.491 e. The number of hydrogen-bond acceptors (Lipinski definition) is 7. The number of nitrogens with one attached hydrogen (secondary N) is 1. The van der Waals surface area contributed by atoms with Crippen LogP contribution in [0.4, 0.5) is 18.9 Å². The van der Waals surface area contributed by atoms with Crippen molar-refractivity contribution in [2.75, 3.05) is 6.61 Å². The number of aliphatic hydroxyl groups is 2. The maximum Gasteiger partial charge on any atom is 0.447 e. The molecule has 6 nitrogen and oxygen atoms in total. The molecule has 2 heterocycles. The summed E-state index contributed by atoms with van der Waals surface area (Å²) in [5.41, 5.74) is 1.49. The standard InChI is InChI=1S/C25H28F3N3O3S/c26-25(27,28)24(32,33)17-12-19(23-30-7-9-35-23)22-20(13-17)31-18(2-1-8-34-22)6-3-14-10-15-4-5-16(11-14)21(15)29/h7,9,12-16,29,32-33H,1-6,8,10-11H2/b29-21?,31-18+. The van der Waals surface area contributed by atoms with Crippen LogP contribution in [-0.2, 0) is 5.79 Å². The summed E-state index contributed by atoms with van der Waals surface area (Å²) in [5, 5.41) is 30.3. The third kappa shape index (κ3) is 4.75. The molecule has 35 heavy (non-hydrogen) atoms. The third-order valence-electron chi connectivity index (χ3n) is 7.48. The lowest BCUT2D eigenvalue weighted by Gasteiger charge is -2.29. The summed E-state index contributed by atoms with van der Waals surface area (Å²) in [6.07, 6.45) is 3.56. The van der Waals surface area contributed by atoms with E-state index >= 15 is 0 Å². The van der Waals surface area contributed by atoms with Gasteiger partial charge in [-0.25, -0.2) is 4.98 Å². The van der Waals surface area contributed by atoms with Crippen molar-refractivity contribution in [2.24, 2.45) is 22.7 Å². The molecule has 2 fully saturated rings. The topological polar surface area (TPSA) is 98.8 Å². The number of aliphatic imine (C=N–C) groups is 1. The first-order valence-electron chi connectivity index (χ1n) is 12.0. The summed E-state index contributed by atoms with van der Waals surface area (Å²) >= 11 is 1.22. The molecule has 2 bridgehead atoms. The molecular weight excluding hydrogens is 479 g/mol. The first kappa shape index (κ1) is 24.4. The lowest BCUT2D eigenvalue weighted by atomic mass is 9.77. The van der Waals surface area contributed by atoms with Crippen LogP contribution in [-0.4, -0.2) is 39.4 Å². The Kier molecular flexibility index (Phi) is 6.48. The van der Waals surface area contributed by atoms with Gasteiger partial charge in [0.25, 0.3) is 5.79 Å². The maximum absolute atomic E-state index is 13.5. The molecule has 0 spiro atoms. The fourth-order valence-corrected chi connectivity index (χ4v) is 6.28. The maximum atomic E-state index is 13.5. The number of nitrogens with zero attached hydrogens (tertiary/aromatic N) is 2. The van der Waals surface area contributed by atoms with Gasteiger partial charge in [-0.05, 0) is 81.3 Å². The van der Waals surface area contributed by atoms with Gasteiger partial charge >= 0.3 is 6.18 Å². The lowest BCUT2D eigenvalue weighted by Crippen LogP contribution is -2.42. The van der Waals surface area contributed by atoms with Gasteiger partial charge in [-0.1, -0.05) is 0 Å². The van der Waals surface area contributed by atoms with E-state index < -0.39 is 17.5 Å². The molecule has 2 unspecified atom stereocenters. The number of fused-ring (bicyclic) bond motifs is 3. The van der Waals surface area contributed by atoms with E-state index in [1.807, 2.05) is 0 Å². The van der Waals surface area contributed by atoms with Crippen LogP contribution in [0.3, 0.4) is 0 Å². The fourth-order valence-electron chi connectivity index (χ4n) is 5.63. The summed E-state index contributed by atoms with van der Waals surface area (Å²) in [5.74, 6) is -2.39. The summed E-state index contributed by atoms with van der Waals surface area (Å²) in [7, 11) is 0. The van der Waals surface area contributed by atoms with E-state index in [1.54, 1.807) is 5.38 Å². The molecule has 1 aromatic carbocycles. The molecule has 2 atom stereocenters. The summed E-state index contributed by atoms with van der Waals surface area (Å²) in [6.45, 7) is 0.372. The molecule has 10 heteroatoms. The monoisotopic (exact) mass is 507 g/mol. The second kappa shape index (κ2) is 9.29. The zero-order chi connectivity index (χ0) is 24.8. The molecule has 2 aliphatic carbocycles. The Hall–Kier alpha value is -2.30. The second-order valence-electron chi connectivity index (χ2n) is 9.81. The molecule has 3 N–H and O–H groups in total. The van der Waals surface area contributed by atoms with Crippen LogP contribution in [0, 0.1) is 23.2 Å². The van der Waals surface area contributed by atoms with Crippen molar-refractivity contribution in [1.29, 1.82) is 5.41 Å². The molecule has 2 saturated carbocycles. The average Bonchev–Trinajstić information content (AvgIpc) is 3.37. The highest BCUT2D eigenvalue weighted by molar-refractivity contribution is 7.13. The van der Waals surface area contributed by atoms with E-state index in [1.165, 1.54) is 17.5 Å². The van der Waals surface area contributed by atoms with Crippen LogP contribution in [0.15, 0.2) is 28.7 Å². The number of thiazole rings is 1. The molecule has 5 rings (SSSR count). The van der Waals surface area contributed by atoms with E-state index in [-0.39, 0.29) is 11.3 Å². The van der Waals surface area contributed by atoms with Crippen molar-refractivity contribution in [3.8, 4) is 16.3 Å². The molecule has 0 amide bonds. The number of hydrogen-bond donors (Lipinski definition) is 3. The minimum atomic E-state index is -5.29. The fraction of sp³-hybridized carbons (Fsp3) is 0.560. The number of aromatic nitrogens is 1. The highest BCUT2D eigenvalue weighted by atomic mass is 32.1. The summed E-state index contributed by atoms with van der Waals surface area (Å²) in [4.78, 5) is 8.92. The number of ether oxygens (including phenoxy) is 1. The molecule has 188 valence electrons. The van der Waals surface area contributed by atoms with Crippen LogP contribution < -0.4 is 4.74 Å². The summed E-state index contributed by atoms with van der Waals surface area (Å²) < 4.78 is 46.3. The van der Waals surface area contributed by atoms with Crippen molar-refractivity contribution in [3.05, 3.63) is 29.3 Å². The first-order valence-corrected chi connectivity index (χ1v) is 12.9. The zero-order valence-corrected chi connectivity index (χ0v) is 20.0. The van der Waals surface area contributed by atoms with Crippen LogP contribution >= 0.6 is 11.3 Å². The Morgan fingerprint density at radius 1 is 1.14 bits per heavy atom. The van der Waals surface area contributed by atoms with E-state index in [0.717, 1.165) is 68.5 Å². The predicted octanol–water partition coefficient (Wildman–Crippen LogP) is 5.99. The quantitative estimate of drug-likeness (QED) is 0.433. The van der Waals surface area contributed by atoms with Crippen LogP contribution in [0.5, 0.6) is 5.75 Å². The molecule has 2 aromatic rings. The highest BCUT2D eigenvalue weighted by Gasteiger charge is 2.54. The minimum absolute atomic E-state index is 0.157. The Morgan fingerprint density at radius 2 is 1.89 bits per heavy atom. The van der Waals surface area contributed by atoms with E-state index in [4.69, 9.17) is 15.1 Å². The normalized spacial score (nSPS) is 26.4. The largest absolute Gasteiger partial charge is 0.491 e. The Morgan fingerprint density at radius 3 is 2.54 bits per heavy atom. The van der Waals surface area contributed by atoms with Crippen LogP contribution in [0.1, 0.15) is 56.9 Å². The number of benzene rings is 1. The smallest absolute Gasteiger partial charge is 0.447 e. The van der Waals surface area contributed by atoms with Crippen molar-refractivity contribution >= 4 is 28.4 Å². The van der Waals surface area contributed by atoms with Gasteiger partial charge in [0.1, 0.15) is 10.7 Å². The van der Waals surface area contributed by atoms with E-state index in [0.29, 0.717) is 41.5 Å². The SMILES string of the molecule is N=C1C2CCC1CC(CC/C1=N/c3cc(C(O)(O)C(F)(F)F)cc(-c4nccs4)c3OCCC1)C2. The van der Waals surface area contributed by atoms with E-state index in [2.05, 4.69) is 4.98 Å². The van der Waals surface area contributed by atoms with Gasteiger partial charge in [0, 0.05) is 28.6 Å². The second-order valence-corrected chi connectivity index (χ2v) is 10.7. The zero-order valence-electron chi connectivity index (χ0n) is 19.1. The molecule has 3 aliphatic rings. The number of rotatable bonds is 5. The van der Waals surface area contributed by atoms with Crippen molar-refractivity contribution in [2.45, 2.75) is 63.3 Å².